The van der Waals surface area contributed by atoms with Crippen molar-refractivity contribution in [2.45, 2.75) is 26.2 Å². The minimum absolute atomic E-state index is 0.0840. The summed E-state index contributed by atoms with van der Waals surface area (Å²) in [6.07, 6.45) is 1.42. The zero-order chi connectivity index (χ0) is 20.4. The topological polar surface area (TPSA) is 102 Å². The number of aryl methyl sites for hydroxylation is 1. The lowest BCUT2D eigenvalue weighted by Crippen LogP contribution is -2.39. The molecule has 1 atom stereocenters. The van der Waals surface area contributed by atoms with E-state index in [1.54, 1.807) is 0 Å². The van der Waals surface area contributed by atoms with Gasteiger partial charge in [-0.2, -0.15) is 0 Å². The van der Waals surface area contributed by atoms with Gasteiger partial charge in [-0.05, 0) is 24.1 Å². The molecule has 0 spiro atoms. The molecule has 0 saturated heterocycles. The molecule has 7 nitrogen and oxygen atoms in total. The van der Waals surface area contributed by atoms with E-state index < -0.39 is 5.92 Å². The Morgan fingerprint density at radius 3 is 2.62 bits per heavy atom. The fourth-order valence-corrected chi connectivity index (χ4v) is 3.57. The van der Waals surface area contributed by atoms with Gasteiger partial charge in [0.25, 0.3) is 0 Å². The van der Waals surface area contributed by atoms with Gasteiger partial charge in [0.15, 0.2) is 0 Å². The van der Waals surface area contributed by atoms with Crippen molar-refractivity contribution in [1.29, 1.82) is 0 Å². The standard InChI is InChI=1S/C22H23N5O2/c1-2-14-8-10-17(11-9-14)24-19(28)13-16-12-18-20(15-6-4-3-5-7-15)25-22(23)27(18)26-21(16)29/h3-11,16H,2,12-13H2,1H3,(H2,23,25)(H,24,28)(H,26,29). The number of carbonyl (C=O) groups is 2. The van der Waals surface area contributed by atoms with Gasteiger partial charge in [0.05, 0.1) is 17.3 Å². The Balaban J connectivity index is 1.51. The van der Waals surface area contributed by atoms with Crippen LogP contribution in [0.15, 0.2) is 54.6 Å². The largest absolute Gasteiger partial charge is 0.368 e. The molecule has 3 aromatic rings. The third-order valence-electron chi connectivity index (χ3n) is 5.16. The van der Waals surface area contributed by atoms with E-state index in [0.29, 0.717) is 6.42 Å². The van der Waals surface area contributed by atoms with Gasteiger partial charge in [0.1, 0.15) is 0 Å². The maximum absolute atomic E-state index is 12.5. The van der Waals surface area contributed by atoms with Gasteiger partial charge in [0.2, 0.25) is 17.8 Å². The van der Waals surface area contributed by atoms with Gasteiger partial charge >= 0.3 is 0 Å². The fourth-order valence-electron chi connectivity index (χ4n) is 3.57. The average Bonchev–Trinajstić information content (AvgIpc) is 3.05. The molecule has 1 aromatic heterocycles. The van der Waals surface area contributed by atoms with Crippen LogP contribution in [0.4, 0.5) is 11.6 Å². The summed E-state index contributed by atoms with van der Waals surface area (Å²) in [6, 6.07) is 17.4. The number of fused-ring (bicyclic) bond motifs is 1. The predicted octanol–water partition coefficient (Wildman–Crippen LogP) is 2.97. The van der Waals surface area contributed by atoms with E-state index in [-0.39, 0.29) is 24.2 Å². The number of nitrogen functional groups attached to an aromatic ring is 1. The lowest BCUT2D eigenvalue weighted by molar-refractivity contribution is -0.126. The van der Waals surface area contributed by atoms with Gasteiger partial charge in [-0.25, -0.2) is 9.66 Å². The summed E-state index contributed by atoms with van der Waals surface area (Å²) in [5, 5.41) is 2.87. The van der Waals surface area contributed by atoms with E-state index >= 15 is 0 Å². The Morgan fingerprint density at radius 1 is 1.21 bits per heavy atom. The van der Waals surface area contributed by atoms with E-state index in [0.717, 1.165) is 29.1 Å². The van der Waals surface area contributed by atoms with Crippen molar-refractivity contribution in [1.82, 2.24) is 9.66 Å². The second kappa shape index (κ2) is 7.79. The summed E-state index contributed by atoms with van der Waals surface area (Å²) in [6.45, 7) is 2.08. The van der Waals surface area contributed by atoms with Crippen LogP contribution in [-0.2, 0) is 22.4 Å². The highest BCUT2D eigenvalue weighted by molar-refractivity contribution is 5.96. The fraction of sp³-hybridized carbons (Fsp3) is 0.227. The SMILES string of the molecule is CCc1ccc(NC(=O)CC2Cc3c(-c4ccccc4)nc(N)n3NC2=O)cc1. The molecule has 4 rings (SSSR count). The Morgan fingerprint density at radius 2 is 1.93 bits per heavy atom. The molecule has 4 N–H and O–H groups in total. The van der Waals surface area contributed by atoms with Crippen LogP contribution in [0.2, 0.25) is 0 Å². The molecule has 0 bridgehead atoms. The number of nitrogens with two attached hydrogens (primary N) is 1. The zero-order valence-corrected chi connectivity index (χ0v) is 16.2. The van der Waals surface area contributed by atoms with Crippen LogP contribution < -0.4 is 16.5 Å². The number of amides is 2. The number of imidazole rings is 1. The predicted molar refractivity (Wildman–Crippen MR) is 113 cm³/mol. The maximum Gasteiger partial charge on any atom is 0.242 e. The van der Waals surface area contributed by atoms with Crippen molar-refractivity contribution >= 4 is 23.5 Å². The Kier molecular flexibility index (Phi) is 5.03. The van der Waals surface area contributed by atoms with Gasteiger partial charge in [-0.3, -0.25) is 15.0 Å². The monoisotopic (exact) mass is 389 g/mol. The highest BCUT2D eigenvalue weighted by atomic mass is 16.2. The highest BCUT2D eigenvalue weighted by Gasteiger charge is 2.32. The molecule has 0 radical (unpaired) electrons. The zero-order valence-electron chi connectivity index (χ0n) is 16.2. The number of nitrogens with one attached hydrogen (secondary N) is 2. The molecule has 1 aliphatic heterocycles. The van der Waals surface area contributed by atoms with Crippen LogP contribution in [0.5, 0.6) is 0 Å². The van der Waals surface area contributed by atoms with Gasteiger partial charge in [-0.15, -0.1) is 0 Å². The van der Waals surface area contributed by atoms with Crippen LogP contribution in [0, 0.1) is 5.92 Å². The number of rotatable bonds is 5. The van der Waals surface area contributed by atoms with E-state index in [1.807, 2.05) is 54.6 Å². The Labute approximate surface area is 168 Å². The minimum atomic E-state index is -0.490. The molecule has 2 aromatic carbocycles. The number of hydrogen-bond donors (Lipinski definition) is 3. The lowest BCUT2D eigenvalue weighted by atomic mass is 9.94. The van der Waals surface area contributed by atoms with Crippen molar-refractivity contribution in [3.05, 3.63) is 65.9 Å². The van der Waals surface area contributed by atoms with E-state index in [2.05, 4.69) is 22.7 Å². The summed E-state index contributed by atoms with van der Waals surface area (Å²) < 4.78 is 1.52. The first kappa shape index (κ1) is 18.7. The third kappa shape index (κ3) is 3.85. The Hall–Kier alpha value is -3.61. The van der Waals surface area contributed by atoms with Crippen molar-refractivity contribution in [3.63, 3.8) is 0 Å². The molecule has 0 aliphatic carbocycles. The molecule has 0 saturated carbocycles. The van der Waals surface area contributed by atoms with Crippen molar-refractivity contribution in [2.75, 3.05) is 16.5 Å². The molecule has 29 heavy (non-hydrogen) atoms. The lowest BCUT2D eigenvalue weighted by Gasteiger charge is -2.24. The molecule has 2 amide bonds. The number of anilines is 2. The average molecular weight is 389 g/mol. The molecule has 7 heteroatoms. The summed E-state index contributed by atoms with van der Waals surface area (Å²) in [5.41, 5.74) is 13.1. The van der Waals surface area contributed by atoms with Gasteiger partial charge in [0, 0.05) is 24.1 Å². The van der Waals surface area contributed by atoms with Crippen molar-refractivity contribution in [2.24, 2.45) is 5.92 Å². The second-order valence-corrected chi connectivity index (χ2v) is 7.15. The molecule has 148 valence electrons. The van der Waals surface area contributed by atoms with E-state index in [9.17, 15) is 9.59 Å². The molecular weight excluding hydrogens is 366 g/mol. The summed E-state index contributed by atoms with van der Waals surface area (Å²) in [7, 11) is 0. The number of aromatic nitrogens is 2. The van der Waals surface area contributed by atoms with Crippen molar-refractivity contribution < 1.29 is 9.59 Å². The van der Waals surface area contributed by atoms with Crippen LogP contribution in [0.1, 0.15) is 24.6 Å². The van der Waals surface area contributed by atoms with E-state index in [1.165, 1.54) is 10.2 Å². The summed E-state index contributed by atoms with van der Waals surface area (Å²) in [5.74, 6) is -0.698. The quantitative estimate of drug-likeness (QED) is 0.624. The van der Waals surface area contributed by atoms with Crippen LogP contribution >= 0.6 is 0 Å². The summed E-state index contributed by atoms with van der Waals surface area (Å²) >= 11 is 0. The third-order valence-corrected chi connectivity index (χ3v) is 5.16. The van der Waals surface area contributed by atoms with Gasteiger partial charge in [-0.1, -0.05) is 49.4 Å². The molecule has 1 unspecified atom stereocenters. The first-order chi connectivity index (χ1) is 14.0. The first-order valence-electron chi connectivity index (χ1n) is 9.67. The second-order valence-electron chi connectivity index (χ2n) is 7.15. The first-order valence-corrected chi connectivity index (χ1v) is 9.67. The van der Waals surface area contributed by atoms with Crippen LogP contribution in [-0.4, -0.2) is 21.5 Å². The highest BCUT2D eigenvalue weighted by Crippen LogP contribution is 2.30. The molecular formula is C22H23N5O2. The number of carbonyl (C=O) groups excluding carboxylic acids is 2. The van der Waals surface area contributed by atoms with Crippen molar-refractivity contribution in [3.8, 4) is 11.3 Å². The smallest absolute Gasteiger partial charge is 0.242 e. The van der Waals surface area contributed by atoms with Crippen LogP contribution in [0.3, 0.4) is 0 Å². The summed E-state index contributed by atoms with van der Waals surface area (Å²) in [4.78, 5) is 29.5. The number of benzene rings is 2. The normalized spacial score (nSPS) is 15.5. The Bertz CT molecular complexity index is 1040. The molecule has 2 heterocycles. The van der Waals surface area contributed by atoms with Crippen LogP contribution in [0.25, 0.3) is 11.3 Å². The van der Waals surface area contributed by atoms with Gasteiger partial charge < -0.3 is 11.1 Å². The van der Waals surface area contributed by atoms with E-state index in [4.69, 9.17) is 5.73 Å². The molecule has 1 aliphatic rings. The molecule has 0 fully saturated rings. The number of hydrogen-bond acceptors (Lipinski definition) is 4. The minimum Gasteiger partial charge on any atom is -0.368 e. The maximum atomic E-state index is 12.5. The number of nitrogens with zero attached hydrogens (tertiary/aromatic N) is 2.